The van der Waals surface area contributed by atoms with Gasteiger partial charge in [-0.3, -0.25) is 10.1 Å². The van der Waals surface area contributed by atoms with Crippen LogP contribution in [0, 0.1) is 11.3 Å². The molecule has 118 valence electrons. The summed E-state index contributed by atoms with van der Waals surface area (Å²) in [4.78, 5) is 21.3. The number of rotatable bonds is 3. The fraction of sp³-hybridized carbons (Fsp3) is 0.389. The minimum atomic E-state index is -0.0574. The lowest BCUT2D eigenvalue weighted by atomic mass is 10.0. The Kier molecular flexibility index (Phi) is 3.20. The van der Waals surface area contributed by atoms with E-state index in [0.717, 1.165) is 11.3 Å². The molecule has 23 heavy (non-hydrogen) atoms. The van der Waals surface area contributed by atoms with E-state index in [1.165, 1.54) is 5.56 Å². The van der Waals surface area contributed by atoms with Gasteiger partial charge in [0.15, 0.2) is 0 Å². The van der Waals surface area contributed by atoms with Gasteiger partial charge < -0.3 is 4.74 Å². The van der Waals surface area contributed by atoms with Crippen LogP contribution < -0.4 is 5.32 Å². The highest BCUT2D eigenvalue weighted by molar-refractivity contribution is 5.95. The number of amides is 1. The molecule has 0 unspecified atom stereocenters. The zero-order chi connectivity index (χ0) is 16.0. The highest BCUT2D eigenvalue weighted by atomic mass is 16.5. The van der Waals surface area contributed by atoms with E-state index < -0.39 is 0 Å². The van der Waals surface area contributed by atoms with Crippen LogP contribution in [0.15, 0.2) is 36.5 Å². The van der Waals surface area contributed by atoms with Gasteiger partial charge >= 0.3 is 0 Å². The van der Waals surface area contributed by atoms with E-state index in [4.69, 9.17) is 4.74 Å². The van der Waals surface area contributed by atoms with E-state index in [1.807, 2.05) is 18.2 Å². The molecule has 0 radical (unpaired) electrons. The minimum absolute atomic E-state index is 0.0114. The van der Waals surface area contributed by atoms with Gasteiger partial charge in [0.1, 0.15) is 0 Å². The summed E-state index contributed by atoms with van der Waals surface area (Å²) < 4.78 is 5.33. The molecule has 4 rings (SSSR count). The quantitative estimate of drug-likeness (QED) is 0.947. The third kappa shape index (κ3) is 2.41. The van der Waals surface area contributed by atoms with Crippen LogP contribution in [0.3, 0.4) is 0 Å². The zero-order valence-electron chi connectivity index (χ0n) is 13.2. The molecule has 1 fully saturated rings. The van der Waals surface area contributed by atoms with E-state index in [9.17, 15) is 4.79 Å². The van der Waals surface area contributed by atoms with E-state index in [2.05, 4.69) is 41.3 Å². The Morgan fingerprint density at radius 1 is 1.26 bits per heavy atom. The number of ether oxygens (including phenoxy) is 1. The number of carbonyl (C=O) groups excluding carboxylic acids is 1. The highest BCUT2D eigenvalue weighted by Crippen LogP contribution is 2.64. The first kappa shape index (κ1) is 14.3. The van der Waals surface area contributed by atoms with Crippen LogP contribution in [0.2, 0.25) is 0 Å². The first-order chi connectivity index (χ1) is 11.1. The van der Waals surface area contributed by atoms with Crippen LogP contribution in [-0.2, 0) is 22.7 Å². The molecule has 0 bridgehead atoms. The molecule has 5 heteroatoms. The second kappa shape index (κ2) is 5.13. The van der Waals surface area contributed by atoms with E-state index in [-0.39, 0.29) is 23.2 Å². The van der Waals surface area contributed by atoms with Crippen LogP contribution in [0.1, 0.15) is 36.6 Å². The number of hydrogen-bond donors (Lipinski definition) is 1. The average molecular weight is 309 g/mol. The van der Waals surface area contributed by atoms with Crippen molar-refractivity contribution in [3.8, 4) is 0 Å². The van der Waals surface area contributed by atoms with Gasteiger partial charge in [0.05, 0.1) is 24.8 Å². The summed E-state index contributed by atoms with van der Waals surface area (Å²) in [6, 6.07) is 10.2. The molecule has 2 aliphatic rings. The number of hydrogen-bond acceptors (Lipinski definition) is 4. The Hall–Kier alpha value is -2.27. The smallest absolute Gasteiger partial charge is 0.231 e. The number of nitrogens with one attached hydrogen (secondary N) is 1. The third-order valence-electron chi connectivity index (χ3n) is 4.95. The van der Waals surface area contributed by atoms with Gasteiger partial charge in [0.25, 0.3) is 0 Å². The lowest BCUT2D eigenvalue weighted by molar-refractivity contribution is -0.118. The molecular weight excluding hydrogens is 290 g/mol. The molecule has 1 N–H and O–H groups in total. The zero-order valence-corrected chi connectivity index (χ0v) is 13.2. The van der Waals surface area contributed by atoms with Crippen molar-refractivity contribution in [1.29, 1.82) is 0 Å². The largest absolute Gasteiger partial charge is 0.370 e. The highest BCUT2D eigenvalue weighted by Gasteiger charge is 2.62. The Balaban J connectivity index is 1.51. The normalized spacial score (nSPS) is 24.1. The van der Waals surface area contributed by atoms with Crippen molar-refractivity contribution >= 4 is 11.9 Å². The maximum atomic E-state index is 12.7. The number of aromatic nitrogens is 2. The predicted octanol–water partition coefficient (Wildman–Crippen LogP) is 2.89. The summed E-state index contributed by atoms with van der Waals surface area (Å²) in [6.45, 7) is 5.30. The molecule has 1 aliphatic carbocycles. The van der Waals surface area contributed by atoms with Crippen molar-refractivity contribution in [2.24, 2.45) is 11.3 Å². The average Bonchev–Trinajstić information content (AvgIpc) is 2.90. The Morgan fingerprint density at radius 3 is 2.83 bits per heavy atom. The lowest BCUT2D eigenvalue weighted by Gasteiger charge is -2.05. The van der Waals surface area contributed by atoms with Crippen molar-refractivity contribution < 1.29 is 9.53 Å². The number of carbonyl (C=O) groups is 1. The first-order valence-corrected chi connectivity index (χ1v) is 7.85. The Morgan fingerprint density at radius 2 is 2.04 bits per heavy atom. The molecule has 5 nitrogen and oxygen atoms in total. The van der Waals surface area contributed by atoms with Gasteiger partial charge in [-0.1, -0.05) is 44.2 Å². The summed E-state index contributed by atoms with van der Waals surface area (Å²) in [6.07, 6.45) is 1.73. The number of benzene rings is 1. The topological polar surface area (TPSA) is 64.1 Å². The molecule has 2 atom stereocenters. The fourth-order valence-electron chi connectivity index (χ4n) is 3.60. The maximum Gasteiger partial charge on any atom is 0.231 e. The van der Waals surface area contributed by atoms with Gasteiger partial charge in [0.2, 0.25) is 11.9 Å². The minimum Gasteiger partial charge on any atom is -0.370 e. The van der Waals surface area contributed by atoms with Gasteiger partial charge in [-0.2, -0.15) is 0 Å². The Labute approximate surface area is 135 Å². The van der Waals surface area contributed by atoms with Crippen molar-refractivity contribution in [1.82, 2.24) is 9.97 Å². The molecule has 2 aromatic rings. The van der Waals surface area contributed by atoms with Crippen LogP contribution in [0.5, 0.6) is 0 Å². The van der Waals surface area contributed by atoms with Crippen molar-refractivity contribution in [3.05, 3.63) is 53.3 Å². The number of nitrogens with zero attached hydrogens (tertiary/aromatic N) is 2. The molecule has 0 spiro atoms. The second-order valence-electron chi connectivity index (χ2n) is 6.83. The number of fused-ring (bicyclic) bond motifs is 1. The van der Waals surface area contributed by atoms with E-state index in [1.54, 1.807) is 6.20 Å². The molecule has 1 aromatic heterocycles. The fourth-order valence-corrected chi connectivity index (χ4v) is 3.60. The van der Waals surface area contributed by atoms with Crippen LogP contribution in [0.4, 0.5) is 5.95 Å². The van der Waals surface area contributed by atoms with E-state index >= 15 is 0 Å². The lowest BCUT2D eigenvalue weighted by Crippen LogP contribution is -2.19. The summed E-state index contributed by atoms with van der Waals surface area (Å²) >= 11 is 0. The molecule has 0 saturated heterocycles. The summed E-state index contributed by atoms with van der Waals surface area (Å²) in [5.74, 6) is 0.538. The van der Waals surface area contributed by atoms with Crippen molar-refractivity contribution in [2.45, 2.75) is 33.0 Å². The number of anilines is 1. The van der Waals surface area contributed by atoms with Gasteiger partial charge in [-0.15, -0.1) is 0 Å². The first-order valence-electron chi connectivity index (χ1n) is 7.85. The van der Waals surface area contributed by atoms with Crippen molar-refractivity contribution in [2.75, 3.05) is 5.32 Å². The summed E-state index contributed by atoms with van der Waals surface area (Å²) in [7, 11) is 0. The summed E-state index contributed by atoms with van der Waals surface area (Å²) in [5.41, 5.74) is 3.02. The maximum absolute atomic E-state index is 12.7. The van der Waals surface area contributed by atoms with Crippen molar-refractivity contribution in [3.63, 3.8) is 0 Å². The Bertz CT molecular complexity index is 758. The molecule has 2 heterocycles. The molecule has 1 saturated carbocycles. The third-order valence-corrected chi connectivity index (χ3v) is 4.95. The molecule has 1 aromatic carbocycles. The van der Waals surface area contributed by atoms with Gasteiger partial charge in [-0.25, -0.2) is 9.97 Å². The second-order valence-corrected chi connectivity index (χ2v) is 6.83. The molecular formula is C18H19N3O2. The summed E-state index contributed by atoms with van der Waals surface area (Å²) in [5, 5.41) is 2.87. The predicted molar refractivity (Wildman–Crippen MR) is 85.6 cm³/mol. The molecule has 1 amide bonds. The van der Waals surface area contributed by atoms with Crippen LogP contribution in [0.25, 0.3) is 0 Å². The van der Waals surface area contributed by atoms with Crippen LogP contribution >= 0.6 is 0 Å². The standard InChI is InChI=1S/C18H19N3O2/c1-18(2)14(11-6-4-3-5-7-11)15(18)16(22)21-17-19-8-12-9-23-10-13(12)20-17/h3-8,14-15H,9-10H2,1-2H3,(H,19,20,21,22)/t14-,15+/m1/s1. The SMILES string of the molecule is CC1(C)[C@H](C(=O)Nc2ncc3c(n2)COC3)[C@H]1c1ccccc1. The monoisotopic (exact) mass is 309 g/mol. The van der Waals surface area contributed by atoms with Gasteiger partial charge in [0, 0.05) is 17.7 Å². The molecule has 1 aliphatic heterocycles. The van der Waals surface area contributed by atoms with Gasteiger partial charge in [-0.05, 0) is 11.0 Å². The van der Waals surface area contributed by atoms with E-state index in [0.29, 0.717) is 19.2 Å². The van der Waals surface area contributed by atoms with Crippen LogP contribution in [-0.4, -0.2) is 15.9 Å².